The van der Waals surface area contributed by atoms with Gasteiger partial charge in [0.05, 0.1) is 6.10 Å². The van der Waals surface area contributed by atoms with Crippen LogP contribution in [0.1, 0.15) is 13.8 Å². The summed E-state index contributed by atoms with van der Waals surface area (Å²) in [5, 5.41) is 16.2. The second-order valence-corrected chi connectivity index (χ2v) is 4.28. The summed E-state index contributed by atoms with van der Waals surface area (Å²) in [6.07, 6.45) is -0.727. The van der Waals surface area contributed by atoms with Gasteiger partial charge in [0, 0.05) is 24.8 Å². The van der Waals surface area contributed by atoms with E-state index in [9.17, 15) is 14.4 Å². The number of hydrogen-bond donors (Lipinski definition) is 4. The van der Waals surface area contributed by atoms with Crippen molar-refractivity contribution in [2.24, 2.45) is 0 Å². The number of amides is 3. The lowest BCUT2D eigenvalue weighted by Gasteiger charge is -2.09. The molecule has 1 aromatic rings. The molecular formula is C13H17N3O4. The van der Waals surface area contributed by atoms with Crippen LogP contribution < -0.4 is 16.0 Å². The molecule has 108 valence electrons. The number of hydrogen-bond acceptors (Lipinski definition) is 4. The van der Waals surface area contributed by atoms with E-state index in [-0.39, 0.29) is 12.5 Å². The van der Waals surface area contributed by atoms with Crippen LogP contribution in [-0.2, 0) is 14.4 Å². The minimum atomic E-state index is -0.842. The van der Waals surface area contributed by atoms with Gasteiger partial charge in [-0.25, -0.2) is 0 Å². The predicted molar refractivity (Wildman–Crippen MR) is 74.1 cm³/mol. The van der Waals surface area contributed by atoms with Gasteiger partial charge in [-0.3, -0.25) is 14.4 Å². The quantitative estimate of drug-likeness (QED) is 0.585. The number of benzene rings is 1. The number of anilines is 2. The molecule has 1 atom stereocenters. The molecule has 1 aromatic carbocycles. The van der Waals surface area contributed by atoms with Crippen molar-refractivity contribution in [3.8, 4) is 0 Å². The van der Waals surface area contributed by atoms with Crippen molar-refractivity contribution in [3.05, 3.63) is 24.3 Å². The van der Waals surface area contributed by atoms with Crippen LogP contribution >= 0.6 is 0 Å². The van der Waals surface area contributed by atoms with E-state index in [0.29, 0.717) is 11.4 Å². The molecule has 0 spiro atoms. The Morgan fingerprint density at radius 2 is 1.75 bits per heavy atom. The van der Waals surface area contributed by atoms with Crippen molar-refractivity contribution in [1.82, 2.24) is 5.32 Å². The topological polar surface area (TPSA) is 108 Å². The van der Waals surface area contributed by atoms with E-state index < -0.39 is 17.9 Å². The molecule has 0 aromatic heterocycles. The Balaban J connectivity index is 2.61. The number of nitrogens with one attached hydrogen (secondary N) is 3. The summed E-state index contributed by atoms with van der Waals surface area (Å²) in [7, 11) is 0. The van der Waals surface area contributed by atoms with Crippen molar-refractivity contribution in [3.63, 3.8) is 0 Å². The number of aliphatic hydroxyl groups is 1. The van der Waals surface area contributed by atoms with Gasteiger partial charge in [0.25, 0.3) is 0 Å². The molecule has 1 rings (SSSR count). The van der Waals surface area contributed by atoms with Crippen LogP contribution in [0.25, 0.3) is 0 Å². The van der Waals surface area contributed by atoms with Gasteiger partial charge in [-0.05, 0) is 25.1 Å². The summed E-state index contributed by atoms with van der Waals surface area (Å²) in [5.74, 6) is -1.91. The molecule has 0 aliphatic carbocycles. The highest BCUT2D eigenvalue weighted by molar-refractivity contribution is 6.39. The third kappa shape index (κ3) is 5.49. The Kier molecular flexibility index (Phi) is 5.67. The van der Waals surface area contributed by atoms with E-state index in [1.165, 1.54) is 19.9 Å². The maximum atomic E-state index is 11.6. The average Bonchev–Trinajstić information content (AvgIpc) is 2.35. The summed E-state index contributed by atoms with van der Waals surface area (Å²) in [6, 6.07) is 6.41. The van der Waals surface area contributed by atoms with Gasteiger partial charge in [-0.2, -0.15) is 0 Å². The molecule has 0 radical (unpaired) electrons. The minimum absolute atomic E-state index is 0.00180. The first-order chi connectivity index (χ1) is 9.38. The first kappa shape index (κ1) is 15.6. The Bertz CT molecular complexity index is 514. The first-order valence-corrected chi connectivity index (χ1v) is 6.03. The highest BCUT2D eigenvalue weighted by atomic mass is 16.3. The van der Waals surface area contributed by atoms with Gasteiger partial charge in [0.15, 0.2) is 0 Å². The van der Waals surface area contributed by atoms with Crippen LogP contribution in [0.2, 0.25) is 0 Å². The Hall–Kier alpha value is -2.41. The Labute approximate surface area is 116 Å². The molecule has 0 aliphatic rings. The normalized spacial score (nSPS) is 11.3. The molecule has 0 bridgehead atoms. The monoisotopic (exact) mass is 279 g/mol. The molecule has 7 nitrogen and oxygen atoms in total. The van der Waals surface area contributed by atoms with Crippen molar-refractivity contribution in [2.75, 3.05) is 17.2 Å². The fourth-order valence-electron chi connectivity index (χ4n) is 1.39. The van der Waals surface area contributed by atoms with Crippen LogP contribution in [0, 0.1) is 0 Å². The zero-order valence-corrected chi connectivity index (χ0v) is 11.3. The van der Waals surface area contributed by atoms with Crippen LogP contribution in [0.15, 0.2) is 24.3 Å². The molecule has 0 saturated carbocycles. The largest absolute Gasteiger partial charge is 0.392 e. The van der Waals surface area contributed by atoms with Crippen LogP contribution in [0.5, 0.6) is 0 Å². The zero-order chi connectivity index (χ0) is 15.1. The van der Waals surface area contributed by atoms with Gasteiger partial charge < -0.3 is 21.1 Å². The van der Waals surface area contributed by atoms with Gasteiger partial charge >= 0.3 is 11.8 Å². The van der Waals surface area contributed by atoms with Crippen molar-refractivity contribution < 1.29 is 19.5 Å². The number of rotatable bonds is 4. The van der Waals surface area contributed by atoms with Crippen molar-refractivity contribution >= 4 is 29.1 Å². The second-order valence-electron chi connectivity index (χ2n) is 4.28. The van der Waals surface area contributed by atoms with Gasteiger partial charge in [0.1, 0.15) is 0 Å². The maximum absolute atomic E-state index is 11.6. The van der Waals surface area contributed by atoms with Crippen LogP contribution in [0.4, 0.5) is 11.4 Å². The fraction of sp³-hybridized carbons (Fsp3) is 0.308. The molecule has 0 unspecified atom stereocenters. The molecule has 0 aliphatic heterocycles. The lowest BCUT2D eigenvalue weighted by molar-refractivity contribution is -0.136. The van der Waals surface area contributed by atoms with Crippen molar-refractivity contribution in [2.45, 2.75) is 20.0 Å². The highest BCUT2D eigenvalue weighted by Crippen LogP contribution is 2.14. The van der Waals surface area contributed by atoms with Crippen LogP contribution in [-0.4, -0.2) is 35.5 Å². The Morgan fingerprint density at radius 3 is 2.30 bits per heavy atom. The van der Waals surface area contributed by atoms with E-state index in [1.807, 2.05) is 0 Å². The standard InChI is InChI=1S/C13H17N3O4/c1-8(17)7-14-12(19)13(20)16-11-5-3-4-10(6-11)15-9(2)18/h3-6,8,17H,7H2,1-2H3,(H,14,19)(H,15,18)(H,16,20)/t8-/m0/s1. The van der Waals surface area contributed by atoms with E-state index >= 15 is 0 Å². The summed E-state index contributed by atoms with van der Waals surface area (Å²) < 4.78 is 0. The summed E-state index contributed by atoms with van der Waals surface area (Å²) >= 11 is 0. The van der Waals surface area contributed by atoms with Crippen molar-refractivity contribution in [1.29, 1.82) is 0 Å². The molecule has 20 heavy (non-hydrogen) atoms. The fourth-order valence-corrected chi connectivity index (χ4v) is 1.39. The smallest absolute Gasteiger partial charge is 0.313 e. The number of aliphatic hydroxyl groups excluding tert-OH is 1. The van der Waals surface area contributed by atoms with Gasteiger partial charge in [-0.1, -0.05) is 6.07 Å². The lowest BCUT2D eigenvalue weighted by Crippen LogP contribution is -2.38. The zero-order valence-electron chi connectivity index (χ0n) is 11.3. The molecular weight excluding hydrogens is 262 g/mol. The third-order valence-electron chi connectivity index (χ3n) is 2.21. The highest BCUT2D eigenvalue weighted by Gasteiger charge is 2.14. The SMILES string of the molecule is CC(=O)Nc1cccc(NC(=O)C(=O)NC[C@H](C)O)c1. The Morgan fingerprint density at radius 1 is 1.15 bits per heavy atom. The summed E-state index contributed by atoms with van der Waals surface area (Å²) in [6.45, 7) is 2.86. The first-order valence-electron chi connectivity index (χ1n) is 6.03. The summed E-state index contributed by atoms with van der Waals surface area (Å²) in [4.78, 5) is 33.9. The second kappa shape index (κ2) is 7.25. The number of carbonyl (C=O) groups is 3. The molecule has 4 N–H and O–H groups in total. The molecule has 0 heterocycles. The number of carbonyl (C=O) groups excluding carboxylic acids is 3. The molecule has 0 saturated heterocycles. The molecule has 3 amide bonds. The van der Waals surface area contributed by atoms with Gasteiger partial charge in [0.2, 0.25) is 5.91 Å². The molecule has 7 heteroatoms. The van der Waals surface area contributed by atoms with E-state index in [1.54, 1.807) is 18.2 Å². The van der Waals surface area contributed by atoms with Crippen LogP contribution in [0.3, 0.4) is 0 Å². The minimum Gasteiger partial charge on any atom is -0.392 e. The predicted octanol–water partition coefficient (Wildman–Crippen LogP) is 0.0805. The maximum Gasteiger partial charge on any atom is 0.313 e. The van der Waals surface area contributed by atoms with E-state index in [4.69, 9.17) is 5.11 Å². The average molecular weight is 279 g/mol. The van der Waals surface area contributed by atoms with Gasteiger partial charge in [-0.15, -0.1) is 0 Å². The van der Waals surface area contributed by atoms with E-state index in [2.05, 4.69) is 16.0 Å². The summed E-state index contributed by atoms with van der Waals surface area (Å²) in [5.41, 5.74) is 0.896. The van der Waals surface area contributed by atoms with E-state index in [0.717, 1.165) is 0 Å². The third-order valence-corrected chi connectivity index (χ3v) is 2.21. The lowest BCUT2D eigenvalue weighted by atomic mass is 10.2. The molecule has 0 fully saturated rings.